The summed E-state index contributed by atoms with van der Waals surface area (Å²) in [5.74, 6) is 0. The molecule has 0 aliphatic carbocycles. The highest BCUT2D eigenvalue weighted by Crippen LogP contribution is 2.40. The lowest BCUT2D eigenvalue weighted by atomic mass is 10.4. The normalized spacial score (nSPS) is 10.2. The Morgan fingerprint density at radius 2 is 1.40 bits per heavy atom. The predicted molar refractivity (Wildman–Crippen MR) is 69.6 cm³/mol. The van der Waals surface area contributed by atoms with E-state index in [1.165, 1.54) is 4.90 Å². The first-order valence-corrected chi connectivity index (χ1v) is 7.03. The number of rotatable bonds is 3. The molecule has 76 valence electrons. The van der Waals surface area contributed by atoms with Gasteiger partial charge in [0.2, 0.25) is 0 Å². The molecule has 0 aliphatic rings. The van der Waals surface area contributed by atoms with Crippen molar-refractivity contribution in [2.24, 2.45) is 0 Å². The van der Waals surface area contributed by atoms with E-state index in [1.54, 1.807) is 21.6 Å². The summed E-state index contributed by atoms with van der Waals surface area (Å²) in [6.07, 6.45) is 0. The Hall–Kier alpha value is -0.570. The molecule has 0 nitrogen and oxygen atoms in total. The van der Waals surface area contributed by atoms with Crippen molar-refractivity contribution in [3.05, 3.63) is 59.6 Å². The molecular weight excluding hydrogens is 244 g/mol. The Morgan fingerprint density at radius 3 is 2.13 bits per heavy atom. The Kier molecular flexibility index (Phi) is 4.01. The van der Waals surface area contributed by atoms with E-state index in [-0.39, 0.29) is 0 Å². The highest BCUT2D eigenvalue weighted by atomic mass is 35.5. The van der Waals surface area contributed by atoms with Crippen LogP contribution in [0.25, 0.3) is 0 Å². The fourth-order valence-corrected chi connectivity index (χ4v) is 3.53. The Balaban J connectivity index is 2.03. The molecule has 3 heteroatoms. The minimum atomic E-state index is 0.811. The third kappa shape index (κ3) is 3.20. The van der Waals surface area contributed by atoms with Gasteiger partial charge in [-0.3, -0.25) is 0 Å². The predicted octanol–water partition coefficient (Wildman–Crippen LogP) is 5.14. The Morgan fingerprint density at radius 1 is 0.733 bits per heavy atom. The van der Waals surface area contributed by atoms with Crippen LogP contribution in [0.4, 0.5) is 0 Å². The van der Waals surface area contributed by atoms with Gasteiger partial charge in [0, 0.05) is 9.79 Å². The Bertz CT molecular complexity index is 429. The maximum absolute atomic E-state index is 6.06. The van der Waals surface area contributed by atoms with Crippen LogP contribution in [-0.2, 0) is 0 Å². The van der Waals surface area contributed by atoms with Gasteiger partial charge in [-0.15, -0.1) is 0 Å². The molecule has 0 atom stereocenters. The zero-order chi connectivity index (χ0) is 10.5. The lowest BCUT2D eigenvalue weighted by Gasteiger charge is -2.02. The summed E-state index contributed by atoms with van der Waals surface area (Å²) in [7, 11) is 3.40. The van der Waals surface area contributed by atoms with Crippen molar-refractivity contribution in [2.75, 3.05) is 0 Å². The average Bonchev–Trinajstić information content (AvgIpc) is 2.29. The second kappa shape index (κ2) is 5.50. The van der Waals surface area contributed by atoms with Gasteiger partial charge in [-0.25, -0.2) is 0 Å². The molecule has 0 N–H and O–H groups in total. The monoisotopic (exact) mass is 252 g/mol. The molecule has 2 aromatic carbocycles. The molecule has 0 saturated heterocycles. The van der Waals surface area contributed by atoms with Gasteiger partial charge in [0.05, 0.1) is 5.02 Å². The lowest BCUT2D eigenvalue weighted by molar-refractivity contribution is 1.47. The van der Waals surface area contributed by atoms with Gasteiger partial charge >= 0.3 is 0 Å². The molecular formula is C12H9ClS2. The molecule has 0 radical (unpaired) electrons. The summed E-state index contributed by atoms with van der Waals surface area (Å²) in [5, 5.41) is 0.811. The topological polar surface area (TPSA) is 0 Å². The summed E-state index contributed by atoms with van der Waals surface area (Å²) >= 11 is 6.06. The first-order chi connectivity index (χ1) is 7.36. The summed E-state index contributed by atoms with van der Waals surface area (Å²) in [6, 6.07) is 18.2. The zero-order valence-corrected chi connectivity index (χ0v) is 10.3. The molecule has 0 fully saturated rings. The average molecular weight is 253 g/mol. The van der Waals surface area contributed by atoms with Crippen LogP contribution in [0.1, 0.15) is 0 Å². The van der Waals surface area contributed by atoms with Crippen molar-refractivity contribution in [1.29, 1.82) is 0 Å². The molecule has 0 bridgehead atoms. The van der Waals surface area contributed by atoms with E-state index >= 15 is 0 Å². The van der Waals surface area contributed by atoms with Crippen LogP contribution in [-0.4, -0.2) is 0 Å². The van der Waals surface area contributed by atoms with E-state index in [0.717, 1.165) is 9.92 Å². The SMILES string of the molecule is Clc1ccccc1SSc1ccccc1. The second-order valence-corrected chi connectivity index (χ2v) is 5.56. The van der Waals surface area contributed by atoms with Crippen LogP contribution in [0.3, 0.4) is 0 Å². The highest BCUT2D eigenvalue weighted by Gasteiger charge is 2.00. The van der Waals surface area contributed by atoms with Gasteiger partial charge in [-0.1, -0.05) is 63.5 Å². The van der Waals surface area contributed by atoms with Crippen molar-refractivity contribution >= 4 is 33.2 Å². The van der Waals surface area contributed by atoms with E-state index in [2.05, 4.69) is 12.1 Å². The molecule has 0 spiro atoms. The van der Waals surface area contributed by atoms with Gasteiger partial charge in [-0.05, 0) is 24.3 Å². The minimum absolute atomic E-state index is 0.811. The van der Waals surface area contributed by atoms with Gasteiger partial charge in [0.1, 0.15) is 0 Å². The fraction of sp³-hybridized carbons (Fsp3) is 0. The van der Waals surface area contributed by atoms with Crippen molar-refractivity contribution in [1.82, 2.24) is 0 Å². The summed E-state index contributed by atoms with van der Waals surface area (Å²) in [6.45, 7) is 0. The van der Waals surface area contributed by atoms with Crippen LogP contribution in [0, 0.1) is 0 Å². The molecule has 2 aromatic rings. The first-order valence-electron chi connectivity index (χ1n) is 4.50. The quantitative estimate of drug-likeness (QED) is 0.694. The number of hydrogen-bond donors (Lipinski definition) is 0. The summed E-state index contributed by atoms with van der Waals surface area (Å²) < 4.78 is 0. The molecule has 15 heavy (non-hydrogen) atoms. The number of hydrogen-bond acceptors (Lipinski definition) is 2. The van der Waals surface area contributed by atoms with Gasteiger partial charge in [-0.2, -0.15) is 0 Å². The van der Waals surface area contributed by atoms with E-state index in [0.29, 0.717) is 0 Å². The second-order valence-electron chi connectivity index (χ2n) is 2.91. The third-order valence-electron chi connectivity index (χ3n) is 1.81. The smallest absolute Gasteiger partial charge is 0.0550 e. The number of benzene rings is 2. The maximum Gasteiger partial charge on any atom is 0.0550 e. The van der Waals surface area contributed by atoms with E-state index in [1.807, 2.05) is 42.5 Å². The summed E-state index contributed by atoms with van der Waals surface area (Å²) in [4.78, 5) is 2.34. The molecule has 0 unspecified atom stereocenters. The van der Waals surface area contributed by atoms with E-state index < -0.39 is 0 Å². The van der Waals surface area contributed by atoms with Crippen molar-refractivity contribution in [2.45, 2.75) is 9.79 Å². The van der Waals surface area contributed by atoms with Gasteiger partial charge < -0.3 is 0 Å². The lowest BCUT2D eigenvalue weighted by Crippen LogP contribution is -1.70. The molecule has 0 heterocycles. The van der Waals surface area contributed by atoms with Gasteiger partial charge in [0.25, 0.3) is 0 Å². The van der Waals surface area contributed by atoms with E-state index in [9.17, 15) is 0 Å². The molecule has 0 aliphatic heterocycles. The highest BCUT2D eigenvalue weighted by molar-refractivity contribution is 8.76. The van der Waals surface area contributed by atoms with Crippen LogP contribution >= 0.6 is 33.2 Å². The maximum atomic E-state index is 6.06. The molecule has 2 rings (SSSR count). The van der Waals surface area contributed by atoms with Crippen LogP contribution in [0.2, 0.25) is 5.02 Å². The molecule has 0 amide bonds. The minimum Gasteiger partial charge on any atom is -0.0831 e. The standard InChI is InChI=1S/C12H9ClS2/c13-11-8-4-5-9-12(11)15-14-10-6-2-1-3-7-10/h1-9H. The van der Waals surface area contributed by atoms with Crippen LogP contribution in [0.15, 0.2) is 64.4 Å². The van der Waals surface area contributed by atoms with Crippen molar-refractivity contribution in [3.8, 4) is 0 Å². The van der Waals surface area contributed by atoms with Gasteiger partial charge in [0.15, 0.2) is 0 Å². The largest absolute Gasteiger partial charge is 0.0831 e. The Labute approximate surface area is 102 Å². The molecule has 0 saturated carbocycles. The fourth-order valence-electron chi connectivity index (χ4n) is 1.08. The number of halogens is 1. The van der Waals surface area contributed by atoms with E-state index in [4.69, 9.17) is 11.6 Å². The van der Waals surface area contributed by atoms with Crippen molar-refractivity contribution < 1.29 is 0 Å². The summed E-state index contributed by atoms with van der Waals surface area (Å²) in [5.41, 5.74) is 0. The van der Waals surface area contributed by atoms with Crippen LogP contribution in [0.5, 0.6) is 0 Å². The third-order valence-corrected chi connectivity index (χ3v) is 4.70. The van der Waals surface area contributed by atoms with Crippen molar-refractivity contribution in [3.63, 3.8) is 0 Å². The van der Waals surface area contributed by atoms with Crippen LogP contribution < -0.4 is 0 Å². The zero-order valence-electron chi connectivity index (χ0n) is 7.89. The molecule has 0 aromatic heterocycles. The first kappa shape index (κ1) is 10.9.